The van der Waals surface area contributed by atoms with E-state index in [4.69, 9.17) is 9.47 Å². The summed E-state index contributed by atoms with van der Waals surface area (Å²) in [4.78, 5) is 26.8. The molecule has 1 N–H and O–H groups in total. The summed E-state index contributed by atoms with van der Waals surface area (Å²) in [6.45, 7) is 0. The van der Waals surface area contributed by atoms with Crippen LogP contribution in [0.4, 0.5) is 17.2 Å². The third-order valence-electron chi connectivity index (χ3n) is 3.21. The first-order valence-corrected chi connectivity index (χ1v) is 6.86. The molecule has 1 heterocycles. The molecule has 0 spiro atoms. The van der Waals surface area contributed by atoms with Crippen molar-refractivity contribution in [2.24, 2.45) is 0 Å². The Kier molecular flexibility index (Phi) is 5.15. The summed E-state index contributed by atoms with van der Waals surface area (Å²) in [6, 6.07) is 5.85. The Morgan fingerprint density at radius 3 is 2.67 bits per heavy atom. The summed E-state index contributed by atoms with van der Waals surface area (Å²) >= 11 is 0. The third kappa shape index (κ3) is 3.51. The maximum atomic E-state index is 11.2. The lowest BCUT2D eigenvalue weighted by Crippen LogP contribution is -2.14. The molecule has 0 fully saturated rings. The highest BCUT2D eigenvalue weighted by atomic mass is 16.6. The van der Waals surface area contributed by atoms with Crippen molar-refractivity contribution in [3.05, 3.63) is 40.6 Å². The van der Waals surface area contributed by atoms with Gasteiger partial charge in [0.25, 0.3) is 5.69 Å². The summed E-state index contributed by atoms with van der Waals surface area (Å²) < 4.78 is 10.9. The lowest BCUT2D eigenvalue weighted by Gasteiger charge is -2.14. The number of hydrogen-bond donors (Lipinski definition) is 1. The molecule has 0 atom stereocenters. The fraction of sp³-hybridized carbons (Fsp3) is 0.200. The Balaban J connectivity index is 2.43. The Hall–Kier alpha value is -3.36. The van der Waals surface area contributed by atoms with Gasteiger partial charge < -0.3 is 19.7 Å². The van der Waals surface area contributed by atoms with Gasteiger partial charge in [-0.15, -0.1) is 0 Å². The fourth-order valence-corrected chi connectivity index (χ4v) is 1.98. The zero-order valence-corrected chi connectivity index (χ0v) is 13.3. The molecule has 1 amide bonds. The van der Waals surface area contributed by atoms with Gasteiger partial charge in [-0.1, -0.05) is 0 Å². The number of nitrogens with zero attached hydrogens (tertiary/aromatic N) is 3. The minimum absolute atomic E-state index is 0.146. The van der Waals surface area contributed by atoms with Crippen LogP contribution in [0, 0.1) is 10.1 Å². The summed E-state index contributed by atoms with van der Waals surface area (Å²) in [5.74, 6) is 1.24. The number of nitro groups is 1. The van der Waals surface area contributed by atoms with E-state index < -0.39 is 4.92 Å². The van der Waals surface area contributed by atoms with E-state index in [1.54, 1.807) is 20.2 Å². The molecule has 1 aromatic heterocycles. The number of nitrogens with one attached hydrogen (secondary N) is 1. The number of carbonyl (C=O) groups excluding carboxylic acids is 1. The standard InChI is InChI=1S/C15H16N4O5/c1-16-11-7-13(23-3)14(8-12(11)19(21)22)24-10-4-5-17-15(6-10)18(2)9-20/h4-9,16H,1-3H3. The Morgan fingerprint density at radius 2 is 2.08 bits per heavy atom. The van der Waals surface area contributed by atoms with Crippen LogP contribution in [-0.4, -0.2) is 37.5 Å². The highest BCUT2D eigenvalue weighted by molar-refractivity contribution is 5.72. The van der Waals surface area contributed by atoms with E-state index in [9.17, 15) is 14.9 Å². The van der Waals surface area contributed by atoms with E-state index >= 15 is 0 Å². The van der Waals surface area contributed by atoms with Gasteiger partial charge in [0.1, 0.15) is 17.3 Å². The SMILES string of the molecule is CNc1cc(OC)c(Oc2ccnc(N(C)C=O)c2)cc1[N+](=O)[O-]. The molecule has 1 aromatic carbocycles. The van der Waals surface area contributed by atoms with Gasteiger partial charge in [0.05, 0.1) is 18.1 Å². The topological polar surface area (TPSA) is 107 Å². The Morgan fingerprint density at radius 1 is 1.33 bits per heavy atom. The first kappa shape index (κ1) is 17.0. The molecule has 0 unspecified atom stereocenters. The average Bonchev–Trinajstić information content (AvgIpc) is 2.60. The van der Waals surface area contributed by atoms with E-state index in [1.165, 1.54) is 36.4 Å². The van der Waals surface area contributed by atoms with E-state index in [2.05, 4.69) is 10.3 Å². The summed E-state index contributed by atoms with van der Waals surface area (Å²) in [6.07, 6.45) is 2.08. The normalized spacial score (nSPS) is 9.96. The van der Waals surface area contributed by atoms with Crippen LogP contribution in [0.5, 0.6) is 17.2 Å². The molecule has 0 radical (unpaired) electrons. The highest BCUT2D eigenvalue weighted by Gasteiger charge is 2.19. The molecular formula is C15H16N4O5. The Labute approximate surface area is 138 Å². The smallest absolute Gasteiger partial charge is 0.296 e. The molecule has 0 saturated heterocycles. The molecule has 126 valence electrons. The summed E-state index contributed by atoms with van der Waals surface area (Å²) in [5, 5.41) is 13.9. The first-order chi connectivity index (χ1) is 11.5. The monoisotopic (exact) mass is 332 g/mol. The van der Waals surface area contributed by atoms with Crippen molar-refractivity contribution in [1.29, 1.82) is 0 Å². The van der Waals surface area contributed by atoms with Crippen LogP contribution in [0.3, 0.4) is 0 Å². The number of rotatable bonds is 7. The number of amides is 1. The van der Waals surface area contributed by atoms with Gasteiger partial charge >= 0.3 is 0 Å². The number of aromatic nitrogens is 1. The number of ether oxygens (including phenoxy) is 2. The zero-order valence-electron chi connectivity index (χ0n) is 13.3. The third-order valence-corrected chi connectivity index (χ3v) is 3.21. The number of pyridine rings is 1. The second-order valence-electron chi connectivity index (χ2n) is 4.70. The number of benzene rings is 1. The van der Waals surface area contributed by atoms with Gasteiger partial charge in [-0.25, -0.2) is 4.98 Å². The molecule has 2 rings (SSSR count). The first-order valence-electron chi connectivity index (χ1n) is 6.86. The van der Waals surface area contributed by atoms with Crippen LogP contribution in [0.2, 0.25) is 0 Å². The minimum Gasteiger partial charge on any atom is -0.493 e. The molecule has 0 aliphatic rings. The predicted octanol–water partition coefficient (Wildman–Crippen LogP) is 2.43. The molecule has 9 heteroatoms. The van der Waals surface area contributed by atoms with Crippen molar-refractivity contribution in [3.63, 3.8) is 0 Å². The highest BCUT2D eigenvalue weighted by Crippen LogP contribution is 2.40. The van der Waals surface area contributed by atoms with Crippen molar-refractivity contribution in [1.82, 2.24) is 4.98 Å². The van der Waals surface area contributed by atoms with Crippen LogP contribution in [0.15, 0.2) is 30.5 Å². The van der Waals surface area contributed by atoms with Gasteiger partial charge in [-0.3, -0.25) is 14.9 Å². The van der Waals surface area contributed by atoms with Gasteiger partial charge in [0, 0.05) is 32.4 Å². The van der Waals surface area contributed by atoms with Gasteiger partial charge in [-0.2, -0.15) is 0 Å². The van der Waals surface area contributed by atoms with Crippen molar-refractivity contribution < 1.29 is 19.2 Å². The quantitative estimate of drug-likeness (QED) is 0.471. The molecule has 0 saturated carbocycles. The number of anilines is 2. The van der Waals surface area contributed by atoms with Crippen molar-refractivity contribution in [2.45, 2.75) is 0 Å². The van der Waals surface area contributed by atoms with E-state index in [0.717, 1.165) is 0 Å². The largest absolute Gasteiger partial charge is 0.493 e. The van der Waals surface area contributed by atoms with E-state index in [-0.39, 0.29) is 11.4 Å². The van der Waals surface area contributed by atoms with Crippen molar-refractivity contribution in [2.75, 3.05) is 31.4 Å². The van der Waals surface area contributed by atoms with E-state index in [0.29, 0.717) is 29.4 Å². The molecule has 9 nitrogen and oxygen atoms in total. The van der Waals surface area contributed by atoms with Crippen molar-refractivity contribution >= 4 is 23.6 Å². The second-order valence-corrected chi connectivity index (χ2v) is 4.70. The zero-order chi connectivity index (χ0) is 17.7. The molecule has 0 bridgehead atoms. The van der Waals surface area contributed by atoms with Gasteiger partial charge in [-0.05, 0) is 6.07 Å². The van der Waals surface area contributed by atoms with Crippen LogP contribution in [0.1, 0.15) is 0 Å². The fourth-order valence-electron chi connectivity index (χ4n) is 1.98. The van der Waals surface area contributed by atoms with Gasteiger partial charge in [0.2, 0.25) is 6.41 Å². The lowest BCUT2D eigenvalue weighted by atomic mass is 10.2. The van der Waals surface area contributed by atoms with Crippen molar-refractivity contribution in [3.8, 4) is 17.2 Å². The maximum absolute atomic E-state index is 11.2. The molecule has 0 aliphatic carbocycles. The molecule has 24 heavy (non-hydrogen) atoms. The predicted molar refractivity (Wildman–Crippen MR) is 88.0 cm³/mol. The molecule has 2 aromatic rings. The van der Waals surface area contributed by atoms with Crippen LogP contribution >= 0.6 is 0 Å². The number of methoxy groups -OCH3 is 1. The second kappa shape index (κ2) is 7.27. The van der Waals surface area contributed by atoms with Gasteiger partial charge in [0.15, 0.2) is 11.5 Å². The van der Waals surface area contributed by atoms with Crippen LogP contribution in [-0.2, 0) is 4.79 Å². The van der Waals surface area contributed by atoms with Crippen LogP contribution < -0.4 is 19.7 Å². The average molecular weight is 332 g/mol. The number of carbonyl (C=O) groups is 1. The van der Waals surface area contributed by atoms with E-state index in [1.807, 2.05) is 0 Å². The maximum Gasteiger partial charge on any atom is 0.296 e. The Bertz CT molecular complexity index is 766. The number of nitro benzene ring substituents is 1. The summed E-state index contributed by atoms with van der Waals surface area (Å²) in [7, 11) is 4.56. The number of hydrogen-bond acceptors (Lipinski definition) is 7. The summed E-state index contributed by atoms with van der Waals surface area (Å²) in [5.41, 5.74) is 0.160. The molecule has 0 aliphatic heterocycles. The van der Waals surface area contributed by atoms with Crippen LogP contribution in [0.25, 0.3) is 0 Å². The minimum atomic E-state index is -0.518. The lowest BCUT2D eigenvalue weighted by molar-refractivity contribution is -0.384. The molecular weight excluding hydrogens is 316 g/mol.